The molecule has 0 spiro atoms. The summed E-state index contributed by atoms with van der Waals surface area (Å²) in [5, 5.41) is 6.90. The van der Waals surface area contributed by atoms with Crippen LogP contribution in [-0.2, 0) is 15.8 Å². The number of carbonyl (C=O) groups excluding carboxylic acids is 3. The Bertz CT molecular complexity index is 1240. The zero-order chi connectivity index (χ0) is 29.1. The van der Waals surface area contributed by atoms with Crippen molar-refractivity contribution in [1.29, 1.82) is 0 Å². The number of aromatic nitrogens is 1. The molecule has 40 heavy (non-hydrogen) atoms. The Morgan fingerprint density at radius 3 is 2.25 bits per heavy atom. The molecule has 0 radical (unpaired) electrons. The van der Waals surface area contributed by atoms with Crippen LogP contribution >= 0.6 is 0 Å². The summed E-state index contributed by atoms with van der Waals surface area (Å²) < 4.78 is 76.0. The van der Waals surface area contributed by atoms with Gasteiger partial charge in [0.2, 0.25) is 5.91 Å². The number of nitrogens with one attached hydrogen (secondary N) is 3. The van der Waals surface area contributed by atoms with Gasteiger partial charge in [0, 0.05) is 36.3 Å². The topological polar surface area (TPSA) is 103 Å². The van der Waals surface area contributed by atoms with E-state index in [0.29, 0.717) is 18.8 Å². The summed E-state index contributed by atoms with van der Waals surface area (Å²) in [7, 11) is 0. The number of anilines is 1. The number of likely N-dealkylation sites (tertiary alicyclic amines) is 1. The minimum Gasteiger partial charge on any atom is -0.349 e. The van der Waals surface area contributed by atoms with Crippen molar-refractivity contribution >= 4 is 23.5 Å². The molecule has 2 aliphatic rings. The van der Waals surface area contributed by atoms with Crippen LogP contribution in [-0.4, -0.2) is 65.5 Å². The molecule has 0 bridgehead atoms. The lowest BCUT2D eigenvalue weighted by Gasteiger charge is -2.46. The van der Waals surface area contributed by atoms with Crippen molar-refractivity contribution in [2.75, 3.05) is 25.0 Å². The van der Waals surface area contributed by atoms with Gasteiger partial charge in [-0.3, -0.25) is 19.3 Å². The molecule has 2 aromatic rings. The second-order valence-corrected chi connectivity index (χ2v) is 9.88. The van der Waals surface area contributed by atoms with Gasteiger partial charge < -0.3 is 16.0 Å². The van der Waals surface area contributed by atoms with Crippen LogP contribution < -0.4 is 16.0 Å². The minimum atomic E-state index is -5.00. The lowest BCUT2D eigenvalue weighted by molar-refractivity contribution is -0.167. The number of alkyl halides is 6. The van der Waals surface area contributed by atoms with Crippen LogP contribution in [0, 0.1) is 0 Å². The highest BCUT2D eigenvalue weighted by molar-refractivity contribution is 5.96. The lowest BCUT2D eigenvalue weighted by atomic mass is 9.82. The molecule has 216 valence electrons. The van der Waals surface area contributed by atoms with Crippen molar-refractivity contribution in [2.24, 2.45) is 0 Å². The second kappa shape index (κ2) is 11.8. The number of pyridine rings is 1. The largest absolute Gasteiger partial charge is 0.471 e. The zero-order valence-corrected chi connectivity index (χ0v) is 21.1. The Balaban J connectivity index is 1.17. The van der Waals surface area contributed by atoms with Gasteiger partial charge in [-0.15, -0.1) is 0 Å². The van der Waals surface area contributed by atoms with Crippen molar-refractivity contribution < 1.29 is 40.7 Å². The van der Waals surface area contributed by atoms with Crippen molar-refractivity contribution in [3.63, 3.8) is 0 Å². The molecule has 1 aromatic heterocycles. The molecular weight excluding hydrogens is 544 g/mol. The number of carbonyl (C=O) groups is 3. The van der Waals surface area contributed by atoms with E-state index in [9.17, 15) is 40.7 Å². The highest BCUT2D eigenvalue weighted by atomic mass is 19.4. The van der Waals surface area contributed by atoms with Crippen molar-refractivity contribution in [1.82, 2.24) is 20.5 Å². The van der Waals surface area contributed by atoms with Crippen LogP contribution in [0.2, 0.25) is 0 Å². The van der Waals surface area contributed by atoms with Gasteiger partial charge >= 0.3 is 18.3 Å². The molecule has 4 rings (SSSR count). The number of halogens is 6. The Hall–Kier alpha value is -3.68. The van der Waals surface area contributed by atoms with Gasteiger partial charge in [0.1, 0.15) is 5.82 Å². The van der Waals surface area contributed by atoms with Crippen LogP contribution in [0.15, 0.2) is 42.5 Å². The standard InChI is InChI=1S/C26H27F6N5O3/c27-25(28,29)17-4-1-3-16(11-17)23(39)33-12-22(38)34-18-13-37(14-18)19-9-7-15(8-10-19)20-5-2-6-21(35-20)36-24(40)26(30,31)32/h1-6,11,15,18-19H,7-10,12-14H2,(H,33,39)(H,34,38)(H,35,36,40). The van der Waals surface area contributed by atoms with E-state index in [4.69, 9.17) is 0 Å². The number of amides is 3. The first kappa shape index (κ1) is 29.3. The van der Waals surface area contributed by atoms with E-state index < -0.39 is 35.6 Å². The first-order valence-electron chi connectivity index (χ1n) is 12.6. The maximum Gasteiger partial charge on any atom is 0.471 e. The summed E-state index contributed by atoms with van der Waals surface area (Å²) in [6, 6.07) is 8.70. The van der Waals surface area contributed by atoms with Gasteiger partial charge in [-0.1, -0.05) is 12.1 Å². The number of hydrogen-bond donors (Lipinski definition) is 3. The second-order valence-electron chi connectivity index (χ2n) is 9.88. The van der Waals surface area contributed by atoms with Crippen LogP contribution in [0.3, 0.4) is 0 Å². The van der Waals surface area contributed by atoms with E-state index in [-0.39, 0.29) is 35.9 Å². The molecule has 1 aliphatic heterocycles. The molecule has 3 amide bonds. The highest BCUT2D eigenvalue weighted by Crippen LogP contribution is 2.36. The molecule has 1 aliphatic carbocycles. The molecule has 1 saturated heterocycles. The summed E-state index contributed by atoms with van der Waals surface area (Å²) in [5.41, 5.74) is -0.521. The van der Waals surface area contributed by atoms with Crippen molar-refractivity contribution in [3.8, 4) is 0 Å². The molecule has 0 atom stereocenters. The van der Waals surface area contributed by atoms with E-state index in [1.807, 2.05) is 0 Å². The van der Waals surface area contributed by atoms with E-state index >= 15 is 0 Å². The van der Waals surface area contributed by atoms with E-state index in [1.165, 1.54) is 12.1 Å². The summed E-state index contributed by atoms with van der Waals surface area (Å²) in [6.07, 6.45) is -6.38. The number of rotatable bonds is 7. The monoisotopic (exact) mass is 571 g/mol. The Morgan fingerprint density at radius 1 is 0.925 bits per heavy atom. The third-order valence-electron chi connectivity index (χ3n) is 7.04. The molecular formula is C26H27F6N5O3. The summed E-state index contributed by atoms with van der Waals surface area (Å²) >= 11 is 0. The van der Waals surface area contributed by atoms with Crippen molar-refractivity contribution in [3.05, 3.63) is 59.3 Å². The maximum absolute atomic E-state index is 12.8. The Kier molecular flexibility index (Phi) is 8.66. The van der Waals surface area contributed by atoms with E-state index in [2.05, 4.69) is 20.5 Å². The molecule has 1 aromatic carbocycles. The lowest BCUT2D eigenvalue weighted by Crippen LogP contribution is -2.63. The predicted molar refractivity (Wildman–Crippen MR) is 131 cm³/mol. The molecule has 14 heteroatoms. The molecule has 2 fully saturated rings. The molecule has 8 nitrogen and oxygen atoms in total. The third-order valence-corrected chi connectivity index (χ3v) is 7.04. The Labute approximate surface area is 225 Å². The first-order chi connectivity index (χ1) is 18.8. The SMILES string of the molecule is O=C(CNC(=O)c1cccc(C(F)(F)F)c1)NC1CN(C2CCC(c3cccc(NC(=O)C(F)(F)F)n3)CC2)C1. The zero-order valence-electron chi connectivity index (χ0n) is 21.1. The van der Waals surface area contributed by atoms with Gasteiger partial charge in [-0.25, -0.2) is 4.98 Å². The van der Waals surface area contributed by atoms with Crippen LogP contribution in [0.1, 0.15) is 53.2 Å². The molecule has 0 unspecified atom stereocenters. The smallest absolute Gasteiger partial charge is 0.349 e. The fourth-order valence-electron chi connectivity index (χ4n) is 4.95. The molecule has 2 heterocycles. The number of nitrogens with zero attached hydrogens (tertiary/aromatic N) is 2. The fraction of sp³-hybridized carbons (Fsp3) is 0.462. The first-order valence-corrected chi connectivity index (χ1v) is 12.6. The van der Waals surface area contributed by atoms with Gasteiger partial charge in [0.15, 0.2) is 0 Å². The van der Waals surface area contributed by atoms with Crippen LogP contribution in [0.25, 0.3) is 0 Å². The summed E-state index contributed by atoms with van der Waals surface area (Å²) in [6.45, 7) is 0.853. The normalized spacial score (nSPS) is 20.4. The average Bonchev–Trinajstić information content (AvgIpc) is 2.88. The highest BCUT2D eigenvalue weighted by Gasteiger charge is 2.39. The quantitative estimate of drug-likeness (QED) is 0.438. The molecule has 1 saturated carbocycles. The Morgan fingerprint density at radius 2 is 1.60 bits per heavy atom. The maximum atomic E-state index is 12.8. The van der Waals surface area contributed by atoms with Gasteiger partial charge in [-0.2, -0.15) is 26.3 Å². The third kappa shape index (κ3) is 7.49. The van der Waals surface area contributed by atoms with Gasteiger partial charge in [0.25, 0.3) is 5.91 Å². The van der Waals surface area contributed by atoms with Crippen LogP contribution in [0.4, 0.5) is 32.2 Å². The number of benzene rings is 1. The van der Waals surface area contributed by atoms with Crippen molar-refractivity contribution in [2.45, 2.75) is 56.0 Å². The minimum absolute atomic E-state index is 0.0520. The van der Waals surface area contributed by atoms with Gasteiger partial charge in [0.05, 0.1) is 18.2 Å². The van der Waals surface area contributed by atoms with E-state index in [0.717, 1.165) is 43.9 Å². The van der Waals surface area contributed by atoms with Crippen LogP contribution in [0.5, 0.6) is 0 Å². The summed E-state index contributed by atoms with van der Waals surface area (Å²) in [4.78, 5) is 42.0. The number of hydrogen-bond acceptors (Lipinski definition) is 5. The molecule has 3 N–H and O–H groups in total. The summed E-state index contributed by atoms with van der Waals surface area (Å²) in [5.74, 6) is -3.39. The van der Waals surface area contributed by atoms with Gasteiger partial charge in [-0.05, 0) is 56.0 Å². The average molecular weight is 572 g/mol. The van der Waals surface area contributed by atoms with E-state index in [1.54, 1.807) is 17.4 Å². The predicted octanol–water partition coefficient (Wildman–Crippen LogP) is 3.86. The fourth-order valence-corrected chi connectivity index (χ4v) is 4.95.